The van der Waals surface area contributed by atoms with Gasteiger partial charge in [-0.1, -0.05) is 20.8 Å². The standard InChI is InChI=1S/C27H33N3O4Si/c1-25(2,3)35(5,6)33-15-13-27-12-11-26(4,34-27)20-21(27)24(32)30(23(20)31)19-10-9-17(16-28)22-18(19)8-7-14-29-22/h7-10,14,31-32H,11-13,15H2,1-6H3/t26-,27-/m1/s1. The van der Waals surface area contributed by atoms with Crippen LogP contribution in [-0.4, -0.2) is 34.7 Å². The number of benzene rings is 1. The van der Waals surface area contributed by atoms with Gasteiger partial charge in [0.2, 0.25) is 11.8 Å². The van der Waals surface area contributed by atoms with Crippen molar-refractivity contribution in [2.45, 2.75) is 76.3 Å². The van der Waals surface area contributed by atoms with E-state index in [0.717, 1.165) is 12.8 Å². The Morgan fingerprint density at radius 3 is 2.57 bits per heavy atom. The van der Waals surface area contributed by atoms with Gasteiger partial charge in [0, 0.05) is 24.6 Å². The number of nitrogens with zero attached hydrogens (tertiary/aromatic N) is 3. The Labute approximate surface area is 207 Å². The highest BCUT2D eigenvalue weighted by atomic mass is 28.4. The molecule has 2 bridgehead atoms. The summed E-state index contributed by atoms with van der Waals surface area (Å²) < 4.78 is 14.5. The molecule has 1 aromatic carbocycles. The number of ether oxygens (including phenoxy) is 1. The van der Waals surface area contributed by atoms with Crippen LogP contribution in [-0.2, 0) is 20.4 Å². The van der Waals surface area contributed by atoms with Crippen LogP contribution in [0, 0.1) is 11.3 Å². The molecule has 3 aromatic rings. The van der Waals surface area contributed by atoms with Gasteiger partial charge in [-0.2, -0.15) is 5.26 Å². The van der Waals surface area contributed by atoms with Gasteiger partial charge >= 0.3 is 0 Å². The molecule has 2 aromatic heterocycles. The van der Waals surface area contributed by atoms with Crippen LogP contribution >= 0.6 is 0 Å². The summed E-state index contributed by atoms with van der Waals surface area (Å²) in [6, 6.07) is 9.22. The summed E-state index contributed by atoms with van der Waals surface area (Å²) in [5.74, 6) is -0.0511. The van der Waals surface area contributed by atoms with Gasteiger partial charge < -0.3 is 19.4 Å². The van der Waals surface area contributed by atoms with Gasteiger partial charge in [-0.3, -0.25) is 9.55 Å². The molecule has 35 heavy (non-hydrogen) atoms. The zero-order chi connectivity index (χ0) is 25.4. The second-order valence-corrected chi connectivity index (χ2v) is 16.4. The van der Waals surface area contributed by atoms with Crippen LogP contribution in [0.3, 0.4) is 0 Å². The van der Waals surface area contributed by atoms with Gasteiger partial charge in [0.25, 0.3) is 0 Å². The first-order chi connectivity index (χ1) is 16.4. The van der Waals surface area contributed by atoms with Gasteiger partial charge in [-0.25, -0.2) is 0 Å². The molecule has 1 fully saturated rings. The van der Waals surface area contributed by atoms with Gasteiger partial charge in [-0.05, 0) is 62.2 Å². The minimum absolute atomic E-state index is 0.0249. The van der Waals surface area contributed by atoms with Crippen molar-refractivity contribution in [3.63, 3.8) is 0 Å². The average molecular weight is 492 g/mol. The second-order valence-electron chi connectivity index (χ2n) is 11.6. The molecule has 1 saturated heterocycles. The second kappa shape index (κ2) is 7.57. The van der Waals surface area contributed by atoms with Gasteiger partial charge in [0.15, 0.2) is 8.32 Å². The van der Waals surface area contributed by atoms with Crippen molar-refractivity contribution >= 4 is 19.2 Å². The molecular formula is C27H33N3O4Si. The first-order valence-electron chi connectivity index (χ1n) is 12.2. The number of nitriles is 1. The van der Waals surface area contributed by atoms with Crippen LogP contribution in [0.25, 0.3) is 16.6 Å². The van der Waals surface area contributed by atoms with E-state index >= 15 is 0 Å². The Balaban J connectivity index is 1.60. The minimum Gasteiger partial charge on any atom is -0.494 e. The Hall–Kier alpha value is -2.86. The van der Waals surface area contributed by atoms with E-state index < -0.39 is 19.5 Å². The Morgan fingerprint density at radius 1 is 1.17 bits per heavy atom. The van der Waals surface area contributed by atoms with Crippen molar-refractivity contribution < 1.29 is 19.4 Å². The molecule has 0 spiro atoms. The maximum atomic E-state index is 11.6. The first kappa shape index (κ1) is 23.9. The number of aromatic nitrogens is 2. The third-order valence-corrected chi connectivity index (χ3v) is 13.0. The molecule has 7 nitrogen and oxygen atoms in total. The maximum Gasteiger partial charge on any atom is 0.205 e. The fourth-order valence-electron chi connectivity index (χ4n) is 5.47. The number of rotatable bonds is 5. The average Bonchev–Trinajstić information content (AvgIpc) is 3.37. The molecule has 2 N–H and O–H groups in total. The molecule has 0 unspecified atom stereocenters. The van der Waals surface area contributed by atoms with Crippen LogP contribution in [0.15, 0.2) is 30.5 Å². The quantitative estimate of drug-likeness (QED) is 0.428. The molecule has 2 aliphatic rings. The molecule has 184 valence electrons. The highest BCUT2D eigenvalue weighted by Crippen LogP contribution is 2.65. The number of aromatic hydroxyl groups is 2. The van der Waals surface area contributed by atoms with E-state index in [1.54, 1.807) is 24.4 Å². The normalized spacial score (nSPS) is 23.6. The summed E-state index contributed by atoms with van der Waals surface area (Å²) in [5.41, 5.74) is 1.46. The summed E-state index contributed by atoms with van der Waals surface area (Å²) in [4.78, 5) is 4.38. The van der Waals surface area contributed by atoms with Crippen molar-refractivity contribution in [1.82, 2.24) is 9.55 Å². The minimum atomic E-state index is -1.94. The van der Waals surface area contributed by atoms with Crippen molar-refractivity contribution in [2.75, 3.05) is 6.61 Å². The monoisotopic (exact) mass is 491 g/mol. The van der Waals surface area contributed by atoms with E-state index in [1.807, 2.05) is 13.0 Å². The van der Waals surface area contributed by atoms with E-state index in [-0.39, 0.29) is 16.8 Å². The summed E-state index contributed by atoms with van der Waals surface area (Å²) in [5, 5.41) is 33.3. The lowest BCUT2D eigenvalue weighted by atomic mass is 9.78. The van der Waals surface area contributed by atoms with Crippen molar-refractivity contribution in [3.05, 3.63) is 47.2 Å². The SMILES string of the molecule is CC(C)(C)[Si](C)(C)OCC[C@@]12CC[C@@](C)(O1)c1c2c(O)n(-c2ccc(C#N)c3ncccc23)c1O. The van der Waals surface area contributed by atoms with E-state index in [1.165, 1.54) is 4.57 Å². The van der Waals surface area contributed by atoms with E-state index in [9.17, 15) is 15.5 Å². The van der Waals surface area contributed by atoms with E-state index in [2.05, 4.69) is 44.9 Å². The van der Waals surface area contributed by atoms with Crippen LogP contribution < -0.4 is 0 Å². The van der Waals surface area contributed by atoms with Crippen LogP contribution in [0.1, 0.15) is 63.6 Å². The fourth-order valence-corrected chi connectivity index (χ4v) is 6.51. The number of pyridine rings is 1. The Morgan fingerprint density at radius 2 is 1.89 bits per heavy atom. The Bertz CT molecular complexity index is 1380. The lowest BCUT2D eigenvalue weighted by molar-refractivity contribution is -0.0881. The molecule has 2 atom stereocenters. The smallest absolute Gasteiger partial charge is 0.205 e. The molecule has 0 aliphatic carbocycles. The predicted molar refractivity (Wildman–Crippen MR) is 136 cm³/mol. The third-order valence-electron chi connectivity index (χ3n) is 8.41. The predicted octanol–water partition coefficient (Wildman–Crippen LogP) is 5.95. The van der Waals surface area contributed by atoms with Crippen LogP contribution in [0.5, 0.6) is 11.8 Å². The summed E-state index contributed by atoms with van der Waals surface area (Å²) in [6.07, 6.45) is 3.75. The molecule has 4 heterocycles. The molecule has 0 radical (unpaired) electrons. The maximum absolute atomic E-state index is 11.6. The van der Waals surface area contributed by atoms with Crippen molar-refractivity contribution in [3.8, 4) is 23.5 Å². The van der Waals surface area contributed by atoms with Gasteiger partial charge in [0.1, 0.15) is 11.7 Å². The largest absolute Gasteiger partial charge is 0.494 e. The molecule has 8 heteroatoms. The zero-order valence-corrected chi connectivity index (χ0v) is 22.3. The lowest BCUT2D eigenvalue weighted by Crippen LogP contribution is -2.41. The molecule has 0 saturated carbocycles. The topological polar surface area (TPSA) is 101 Å². The van der Waals surface area contributed by atoms with Crippen molar-refractivity contribution in [1.29, 1.82) is 5.26 Å². The number of hydrogen-bond donors (Lipinski definition) is 2. The van der Waals surface area contributed by atoms with E-state index in [0.29, 0.717) is 46.3 Å². The van der Waals surface area contributed by atoms with Crippen LogP contribution in [0.4, 0.5) is 0 Å². The number of hydrogen-bond acceptors (Lipinski definition) is 6. The summed E-state index contributed by atoms with van der Waals surface area (Å²) >= 11 is 0. The Kier molecular flexibility index (Phi) is 5.16. The fraction of sp³-hybridized carbons (Fsp3) is 0.481. The van der Waals surface area contributed by atoms with Gasteiger partial charge in [-0.15, -0.1) is 0 Å². The van der Waals surface area contributed by atoms with Crippen LogP contribution in [0.2, 0.25) is 18.1 Å². The number of fused-ring (bicyclic) bond motifs is 6. The molecule has 0 amide bonds. The van der Waals surface area contributed by atoms with Gasteiger partial charge in [0.05, 0.1) is 33.5 Å². The molecular weight excluding hydrogens is 458 g/mol. The highest BCUT2D eigenvalue weighted by molar-refractivity contribution is 6.74. The molecule has 5 rings (SSSR count). The zero-order valence-electron chi connectivity index (χ0n) is 21.3. The highest BCUT2D eigenvalue weighted by Gasteiger charge is 2.61. The summed E-state index contributed by atoms with van der Waals surface area (Å²) in [6.45, 7) is 13.6. The summed E-state index contributed by atoms with van der Waals surface area (Å²) in [7, 11) is -1.94. The third kappa shape index (κ3) is 3.33. The lowest BCUT2D eigenvalue weighted by Gasteiger charge is -2.37. The molecule has 2 aliphatic heterocycles. The first-order valence-corrected chi connectivity index (χ1v) is 15.1. The van der Waals surface area contributed by atoms with Crippen molar-refractivity contribution in [2.24, 2.45) is 0 Å². The van der Waals surface area contributed by atoms with E-state index in [4.69, 9.17) is 9.16 Å².